The summed E-state index contributed by atoms with van der Waals surface area (Å²) in [6, 6.07) is 8.59. The lowest BCUT2D eigenvalue weighted by Gasteiger charge is -2.34. The fourth-order valence-electron chi connectivity index (χ4n) is 3.15. The molecular formula is C19H26N4O3S. The minimum atomic E-state index is -3.62. The van der Waals surface area contributed by atoms with Crippen LogP contribution in [-0.2, 0) is 16.6 Å². The molecule has 1 aromatic heterocycles. The molecule has 8 heteroatoms. The number of benzene rings is 1. The number of methoxy groups -OCH3 is 1. The van der Waals surface area contributed by atoms with Gasteiger partial charge in [-0.25, -0.2) is 18.1 Å². The lowest BCUT2D eigenvalue weighted by molar-refractivity contribution is 0.312. The van der Waals surface area contributed by atoms with Crippen LogP contribution in [0.5, 0.6) is 5.75 Å². The molecule has 0 saturated carbocycles. The average Bonchev–Trinajstić information content (AvgIpc) is 2.67. The Labute approximate surface area is 161 Å². The van der Waals surface area contributed by atoms with Crippen LogP contribution in [0.15, 0.2) is 41.4 Å². The third-order valence-corrected chi connectivity index (χ3v) is 6.20. The Morgan fingerprint density at radius 2 is 1.93 bits per heavy atom. The number of piperazine rings is 1. The first kappa shape index (κ1) is 19.6. The van der Waals surface area contributed by atoms with E-state index in [1.165, 1.54) is 0 Å². The molecule has 0 radical (unpaired) electrons. The summed E-state index contributed by atoms with van der Waals surface area (Å²) >= 11 is 0. The molecular weight excluding hydrogens is 364 g/mol. The van der Waals surface area contributed by atoms with Gasteiger partial charge in [-0.15, -0.1) is 0 Å². The third-order valence-electron chi connectivity index (χ3n) is 4.80. The van der Waals surface area contributed by atoms with Crippen molar-refractivity contribution in [1.82, 2.24) is 14.6 Å². The minimum absolute atomic E-state index is 0.197. The lowest BCUT2D eigenvalue weighted by Crippen LogP contribution is -2.45. The van der Waals surface area contributed by atoms with Crippen LogP contribution in [0.2, 0.25) is 0 Å². The summed E-state index contributed by atoms with van der Waals surface area (Å²) in [4.78, 5) is 9.20. The second-order valence-electron chi connectivity index (χ2n) is 6.73. The Hall–Kier alpha value is -2.16. The first-order valence-corrected chi connectivity index (χ1v) is 10.4. The molecule has 2 heterocycles. The molecule has 27 heavy (non-hydrogen) atoms. The standard InChI is InChI=1S/C19H26N4O3S/c1-15-13-17(6-7-18(15)26-3)27(24,25)21-14-16-5-4-8-20-19(16)23-11-9-22(2)10-12-23/h4-8,13,21H,9-12,14H2,1-3H3. The van der Waals surface area contributed by atoms with Crippen molar-refractivity contribution in [3.05, 3.63) is 47.7 Å². The van der Waals surface area contributed by atoms with Crippen molar-refractivity contribution in [2.45, 2.75) is 18.4 Å². The summed E-state index contributed by atoms with van der Waals surface area (Å²) < 4.78 is 33.3. The Balaban J connectivity index is 1.75. The first-order chi connectivity index (χ1) is 12.9. The monoisotopic (exact) mass is 390 g/mol. The maximum Gasteiger partial charge on any atom is 0.240 e. The van der Waals surface area contributed by atoms with Gasteiger partial charge in [0.1, 0.15) is 11.6 Å². The van der Waals surface area contributed by atoms with Crippen molar-refractivity contribution in [2.75, 3.05) is 45.2 Å². The molecule has 1 fully saturated rings. The number of sulfonamides is 1. The molecule has 0 bridgehead atoms. The fraction of sp³-hybridized carbons (Fsp3) is 0.421. The number of hydrogen-bond acceptors (Lipinski definition) is 6. The van der Waals surface area contributed by atoms with Crippen molar-refractivity contribution in [2.24, 2.45) is 0 Å². The minimum Gasteiger partial charge on any atom is -0.496 e. The quantitative estimate of drug-likeness (QED) is 0.808. The van der Waals surface area contributed by atoms with Crippen molar-refractivity contribution >= 4 is 15.8 Å². The van der Waals surface area contributed by atoms with E-state index < -0.39 is 10.0 Å². The molecule has 0 atom stereocenters. The van der Waals surface area contributed by atoms with E-state index >= 15 is 0 Å². The molecule has 0 aliphatic carbocycles. The lowest BCUT2D eigenvalue weighted by atomic mass is 10.2. The predicted molar refractivity (Wildman–Crippen MR) is 106 cm³/mol. The number of aromatic nitrogens is 1. The summed E-state index contributed by atoms with van der Waals surface area (Å²) in [6.45, 7) is 5.71. The van der Waals surface area contributed by atoms with Gasteiger partial charge in [0.2, 0.25) is 10.0 Å². The summed E-state index contributed by atoms with van der Waals surface area (Å²) in [5.74, 6) is 1.51. The number of nitrogens with one attached hydrogen (secondary N) is 1. The van der Waals surface area contributed by atoms with Gasteiger partial charge in [0, 0.05) is 44.5 Å². The van der Waals surface area contributed by atoms with Gasteiger partial charge in [-0.3, -0.25) is 0 Å². The molecule has 146 valence electrons. The van der Waals surface area contributed by atoms with Crippen LogP contribution >= 0.6 is 0 Å². The molecule has 1 aromatic carbocycles. The van der Waals surface area contributed by atoms with Crippen molar-refractivity contribution < 1.29 is 13.2 Å². The summed E-state index contributed by atoms with van der Waals surface area (Å²) in [5.41, 5.74) is 1.65. The SMILES string of the molecule is COc1ccc(S(=O)(=O)NCc2cccnc2N2CCN(C)CC2)cc1C. The molecule has 0 unspecified atom stereocenters. The summed E-state index contributed by atoms with van der Waals surface area (Å²) in [5, 5.41) is 0. The fourth-order valence-corrected chi connectivity index (χ4v) is 4.24. The predicted octanol–water partition coefficient (Wildman–Crippen LogP) is 1.63. The molecule has 1 saturated heterocycles. The number of anilines is 1. The zero-order valence-electron chi connectivity index (χ0n) is 16.0. The van der Waals surface area contributed by atoms with E-state index in [0.717, 1.165) is 43.1 Å². The van der Waals surface area contributed by atoms with Gasteiger partial charge in [0.25, 0.3) is 0 Å². The molecule has 0 amide bonds. The van der Waals surface area contributed by atoms with Crippen LogP contribution in [0.1, 0.15) is 11.1 Å². The molecule has 2 aromatic rings. The molecule has 1 aliphatic heterocycles. The van der Waals surface area contributed by atoms with E-state index in [-0.39, 0.29) is 11.4 Å². The first-order valence-electron chi connectivity index (χ1n) is 8.92. The second-order valence-corrected chi connectivity index (χ2v) is 8.50. The van der Waals surface area contributed by atoms with Gasteiger partial charge in [-0.2, -0.15) is 0 Å². The van der Waals surface area contributed by atoms with E-state index in [1.807, 2.05) is 19.1 Å². The molecule has 3 rings (SSSR count). The van der Waals surface area contributed by atoms with Gasteiger partial charge in [-0.05, 0) is 43.8 Å². The Bertz CT molecular complexity index is 894. The molecule has 1 aliphatic rings. The van der Waals surface area contributed by atoms with Crippen LogP contribution in [0.25, 0.3) is 0 Å². The van der Waals surface area contributed by atoms with Gasteiger partial charge >= 0.3 is 0 Å². The highest BCUT2D eigenvalue weighted by molar-refractivity contribution is 7.89. The van der Waals surface area contributed by atoms with Gasteiger partial charge in [0.05, 0.1) is 12.0 Å². The Kier molecular flexibility index (Phi) is 5.98. The summed E-state index contributed by atoms with van der Waals surface area (Å²) in [6.07, 6.45) is 1.75. The summed E-state index contributed by atoms with van der Waals surface area (Å²) in [7, 11) is 0.0431. The van der Waals surface area contributed by atoms with Crippen molar-refractivity contribution in [3.8, 4) is 5.75 Å². The normalized spacial score (nSPS) is 15.7. The zero-order chi connectivity index (χ0) is 19.4. The molecule has 1 N–H and O–H groups in total. The molecule has 7 nitrogen and oxygen atoms in total. The number of hydrogen-bond donors (Lipinski definition) is 1. The topological polar surface area (TPSA) is 74.8 Å². The highest BCUT2D eigenvalue weighted by Crippen LogP contribution is 2.23. The van der Waals surface area contributed by atoms with E-state index in [4.69, 9.17) is 4.74 Å². The maximum absolute atomic E-state index is 12.7. The number of rotatable bonds is 6. The van der Waals surface area contributed by atoms with Crippen LogP contribution in [0, 0.1) is 6.92 Å². The number of ether oxygens (including phenoxy) is 1. The van der Waals surface area contributed by atoms with E-state index in [9.17, 15) is 8.42 Å². The van der Waals surface area contributed by atoms with Crippen molar-refractivity contribution in [1.29, 1.82) is 0 Å². The Morgan fingerprint density at radius 1 is 1.19 bits per heavy atom. The van der Waals surface area contributed by atoms with Crippen LogP contribution in [-0.4, -0.2) is 58.6 Å². The third kappa shape index (κ3) is 4.58. The number of aryl methyl sites for hydroxylation is 1. The van der Waals surface area contributed by atoms with E-state index in [1.54, 1.807) is 31.5 Å². The van der Waals surface area contributed by atoms with Crippen LogP contribution in [0.3, 0.4) is 0 Å². The van der Waals surface area contributed by atoms with Crippen LogP contribution < -0.4 is 14.4 Å². The smallest absolute Gasteiger partial charge is 0.240 e. The number of likely N-dealkylation sites (N-methyl/N-ethyl adjacent to an activating group) is 1. The van der Waals surface area contributed by atoms with E-state index in [0.29, 0.717) is 5.75 Å². The highest BCUT2D eigenvalue weighted by atomic mass is 32.2. The van der Waals surface area contributed by atoms with Crippen molar-refractivity contribution in [3.63, 3.8) is 0 Å². The maximum atomic E-state index is 12.7. The zero-order valence-corrected chi connectivity index (χ0v) is 16.8. The number of pyridine rings is 1. The van der Waals surface area contributed by atoms with Gasteiger partial charge in [-0.1, -0.05) is 6.07 Å². The van der Waals surface area contributed by atoms with Crippen LogP contribution in [0.4, 0.5) is 5.82 Å². The number of nitrogens with zero attached hydrogens (tertiary/aromatic N) is 3. The average molecular weight is 391 g/mol. The Morgan fingerprint density at radius 3 is 2.59 bits per heavy atom. The highest BCUT2D eigenvalue weighted by Gasteiger charge is 2.20. The van der Waals surface area contributed by atoms with Gasteiger partial charge in [0.15, 0.2) is 0 Å². The second kappa shape index (κ2) is 8.24. The molecule has 0 spiro atoms. The van der Waals surface area contributed by atoms with Gasteiger partial charge < -0.3 is 14.5 Å². The largest absolute Gasteiger partial charge is 0.496 e. The van der Waals surface area contributed by atoms with E-state index in [2.05, 4.69) is 26.6 Å².